The summed E-state index contributed by atoms with van der Waals surface area (Å²) in [5.74, 6) is 0. The first-order valence-electron chi connectivity index (χ1n) is 5.69. The number of ether oxygens (including phenoxy) is 2. The molecule has 1 rings (SSSR count). The van der Waals surface area contributed by atoms with Crippen LogP contribution in [0.25, 0.3) is 0 Å². The van der Waals surface area contributed by atoms with Gasteiger partial charge in [0.15, 0.2) is 10.5 Å². The number of hydrogen-bond acceptors (Lipinski definition) is 5. The summed E-state index contributed by atoms with van der Waals surface area (Å²) in [6.07, 6.45) is 2.40. The maximum atomic E-state index is 5.33. The highest BCUT2D eigenvalue weighted by Crippen LogP contribution is 2.08. The Balaban J connectivity index is 0.000000487. The lowest BCUT2D eigenvalue weighted by atomic mass is 10.3. The molecule has 16 heavy (non-hydrogen) atoms. The molecule has 1 unspecified atom stereocenters. The third-order valence-electron chi connectivity index (χ3n) is 1.88. The van der Waals surface area contributed by atoms with Gasteiger partial charge in [-0.3, -0.25) is 4.58 Å². The van der Waals surface area contributed by atoms with Crippen LogP contribution in [0.5, 0.6) is 0 Å². The van der Waals surface area contributed by atoms with Crippen LogP contribution in [-0.2, 0) is 23.4 Å². The molecule has 0 radical (unpaired) electrons. The molecule has 1 aliphatic heterocycles. The highest BCUT2D eigenvalue weighted by molar-refractivity contribution is 5.97. The molecule has 0 N–H and O–H groups in total. The van der Waals surface area contributed by atoms with Gasteiger partial charge in [0.05, 0.1) is 19.8 Å². The largest absolute Gasteiger partial charge is 0.428 e. The molecule has 5 nitrogen and oxygen atoms in total. The smallest absolute Gasteiger partial charge is 0.193 e. The molecule has 0 aromatic carbocycles. The molecule has 0 amide bonds. The summed E-state index contributed by atoms with van der Waals surface area (Å²) >= 11 is 0. The second-order valence-corrected chi connectivity index (χ2v) is 4.21. The highest BCUT2D eigenvalue weighted by Gasteiger charge is 2.21. The van der Waals surface area contributed by atoms with Crippen molar-refractivity contribution in [1.29, 1.82) is 0 Å². The molecular formula is C9H24O5Si2. The summed E-state index contributed by atoms with van der Waals surface area (Å²) < 4.78 is 19.6. The first kappa shape index (κ1) is 16.2. The Morgan fingerprint density at radius 3 is 2.38 bits per heavy atom. The van der Waals surface area contributed by atoms with Crippen molar-refractivity contribution in [2.45, 2.75) is 25.9 Å². The standard InChI is InChI=1S/C7H16O4Si.C2H8OSi/c12-11-10-4-2-1-3-8-5-7-6-9-7;1-2-3-4/h7H,1-6H2,12H3;2H2,1,4H3. The summed E-state index contributed by atoms with van der Waals surface area (Å²) in [7, 11) is 1.53. The number of hydrogen-bond donors (Lipinski definition) is 0. The summed E-state index contributed by atoms with van der Waals surface area (Å²) in [5, 5.41) is 0. The van der Waals surface area contributed by atoms with Gasteiger partial charge >= 0.3 is 0 Å². The molecule has 0 spiro atoms. The summed E-state index contributed by atoms with van der Waals surface area (Å²) in [6, 6.07) is 0. The van der Waals surface area contributed by atoms with Crippen LogP contribution < -0.4 is 0 Å². The van der Waals surface area contributed by atoms with Crippen LogP contribution in [0.2, 0.25) is 0 Å². The zero-order valence-electron chi connectivity index (χ0n) is 10.6. The van der Waals surface area contributed by atoms with Gasteiger partial charge in [-0.05, 0) is 19.8 Å². The fraction of sp³-hybridized carbons (Fsp3) is 1.00. The predicted octanol–water partition coefficient (Wildman–Crippen LogP) is -1.29. The quantitative estimate of drug-likeness (QED) is 0.171. The van der Waals surface area contributed by atoms with Crippen LogP contribution in [0.1, 0.15) is 19.8 Å². The Morgan fingerprint density at radius 1 is 1.25 bits per heavy atom. The first-order chi connectivity index (χ1) is 7.85. The maximum Gasteiger partial charge on any atom is 0.193 e. The van der Waals surface area contributed by atoms with E-state index < -0.39 is 0 Å². The molecule has 0 aliphatic carbocycles. The van der Waals surface area contributed by atoms with Crippen molar-refractivity contribution < 1.29 is 23.4 Å². The van der Waals surface area contributed by atoms with Crippen molar-refractivity contribution in [2.24, 2.45) is 0 Å². The molecule has 0 aromatic heterocycles. The fourth-order valence-electron chi connectivity index (χ4n) is 0.827. The lowest BCUT2D eigenvalue weighted by Crippen LogP contribution is -2.03. The van der Waals surface area contributed by atoms with Crippen molar-refractivity contribution in [3.8, 4) is 0 Å². The lowest BCUT2D eigenvalue weighted by molar-refractivity contribution is -0.204. The average Bonchev–Trinajstić information content (AvgIpc) is 3.12. The van der Waals surface area contributed by atoms with Crippen LogP contribution in [0.15, 0.2) is 0 Å². The minimum Gasteiger partial charge on any atom is -0.428 e. The van der Waals surface area contributed by atoms with Gasteiger partial charge in [0.2, 0.25) is 0 Å². The topological polar surface area (TPSA) is 49.5 Å². The fourth-order valence-corrected chi connectivity index (χ4v) is 0.994. The number of epoxide rings is 1. The Hall–Kier alpha value is 0.234. The van der Waals surface area contributed by atoms with Crippen molar-refractivity contribution in [3.63, 3.8) is 0 Å². The van der Waals surface area contributed by atoms with E-state index in [-0.39, 0.29) is 0 Å². The van der Waals surface area contributed by atoms with E-state index in [1.165, 1.54) is 0 Å². The van der Waals surface area contributed by atoms with Gasteiger partial charge in [-0.1, -0.05) is 0 Å². The van der Waals surface area contributed by atoms with E-state index in [4.69, 9.17) is 14.4 Å². The van der Waals surface area contributed by atoms with E-state index in [0.717, 1.165) is 49.8 Å². The Bertz CT molecular complexity index is 133. The van der Waals surface area contributed by atoms with E-state index in [1.807, 2.05) is 6.92 Å². The van der Waals surface area contributed by atoms with E-state index in [2.05, 4.69) is 9.00 Å². The first-order valence-corrected chi connectivity index (χ1v) is 7.32. The lowest BCUT2D eigenvalue weighted by Gasteiger charge is -2.01. The predicted molar refractivity (Wildman–Crippen MR) is 68.3 cm³/mol. The number of rotatable bonds is 9. The van der Waals surface area contributed by atoms with Gasteiger partial charge in [-0.2, -0.15) is 0 Å². The molecule has 98 valence electrons. The van der Waals surface area contributed by atoms with E-state index in [9.17, 15) is 0 Å². The normalized spacial score (nSPS) is 18.2. The van der Waals surface area contributed by atoms with E-state index >= 15 is 0 Å². The third-order valence-corrected chi connectivity index (χ3v) is 2.69. The Kier molecular flexibility index (Phi) is 13.5. The van der Waals surface area contributed by atoms with E-state index in [1.54, 1.807) is 0 Å². The third kappa shape index (κ3) is 14.2. The van der Waals surface area contributed by atoms with Gasteiger partial charge in [-0.25, -0.2) is 4.89 Å². The van der Waals surface area contributed by atoms with Crippen LogP contribution in [0.3, 0.4) is 0 Å². The van der Waals surface area contributed by atoms with Crippen LogP contribution in [-0.4, -0.2) is 60.1 Å². The molecule has 1 heterocycles. The van der Waals surface area contributed by atoms with Crippen molar-refractivity contribution in [3.05, 3.63) is 0 Å². The SMILES string of the molecule is CCO[SiH3].[SiH3]OOCCCCOCC1CO1. The molecule has 1 saturated heterocycles. The molecule has 0 aromatic rings. The molecule has 0 bridgehead atoms. The highest BCUT2D eigenvalue weighted by atomic mass is 28.2. The summed E-state index contributed by atoms with van der Waals surface area (Å²) in [4.78, 5) is 4.75. The molecule has 7 heteroatoms. The Labute approximate surface area is 104 Å². The second kappa shape index (κ2) is 13.3. The van der Waals surface area contributed by atoms with E-state index in [0.29, 0.717) is 23.2 Å². The maximum absolute atomic E-state index is 5.33. The molecular weight excluding hydrogens is 244 g/mol. The minimum absolute atomic E-state index is 0.381. The number of unbranched alkanes of at least 4 members (excludes halogenated alkanes) is 1. The monoisotopic (exact) mass is 268 g/mol. The summed E-state index contributed by atoms with van der Waals surface area (Å²) in [6.45, 7) is 5.96. The van der Waals surface area contributed by atoms with Gasteiger partial charge in [0.25, 0.3) is 0 Å². The van der Waals surface area contributed by atoms with Crippen molar-refractivity contribution in [1.82, 2.24) is 0 Å². The minimum atomic E-state index is 0.381. The Morgan fingerprint density at radius 2 is 1.88 bits per heavy atom. The zero-order chi connectivity index (χ0) is 12.1. The molecule has 0 saturated carbocycles. The van der Waals surface area contributed by atoms with Crippen molar-refractivity contribution >= 4 is 21.0 Å². The zero-order valence-corrected chi connectivity index (χ0v) is 14.6. The molecule has 1 fully saturated rings. The van der Waals surface area contributed by atoms with Crippen LogP contribution in [0, 0.1) is 0 Å². The van der Waals surface area contributed by atoms with Gasteiger partial charge in [0.1, 0.15) is 16.6 Å². The molecule has 1 aliphatic rings. The van der Waals surface area contributed by atoms with Gasteiger partial charge in [0, 0.05) is 13.2 Å². The van der Waals surface area contributed by atoms with Crippen LogP contribution in [0.4, 0.5) is 0 Å². The van der Waals surface area contributed by atoms with Gasteiger partial charge < -0.3 is 13.9 Å². The van der Waals surface area contributed by atoms with Crippen molar-refractivity contribution in [2.75, 3.05) is 33.0 Å². The summed E-state index contributed by atoms with van der Waals surface area (Å²) in [5.41, 5.74) is 0. The second-order valence-electron chi connectivity index (χ2n) is 3.30. The average molecular weight is 268 g/mol. The molecule has 1 atom stereocenters. The van der Waals surface area contributed by atoms with Crippen LogP contribution >= 0.6 is 0 Å². The van der Waals surface area contributed by atoms with Gasteiger partial charge in [-0.15, -0.1) is 0 Å².